The van der Waals surface area contributed by atoms with Crippen LogP contribution in [-0.2, 0) is 0 Å². The van der Waals surface area contributed by atoms with Crippen LogP contribution in [0.1, 0.15) is 51.9 Å². The molecule has 1 rings (SSSR count). The standard InChI is InChI=1S/C12H25NO2/c1-2-11(14)12(15)10(13)8-9-6-4-3-5-7-9/h9-12,14-15H,2-8,13H2,1H3/t10-,11-,12+/m0/s1. The maximum Gasteiger partial charge on any atom is 0.0949 e. The molecule has 0 heterocycles. The monoisotopic (exact) mass is 215 g/mol. The highest BCUT2D eigenvalue weighted by atomic mass is 16.3. The highest BCUT2D eigenvalue weighted by Gasteiger charge is 2.25. The first-order chi connectivity index (χ1) is 7.15. The summed E-state index contributed by atoms with van der Waals surface area (Å²) in [5.74, 6) is 0.660. The lowest BCUT2D eigenvalue weighted by molar-refractivity contribution is -0.00312. The first-order valence-electron chi connectivity index (χ1n) is 6.26. The maximum absolute atomic E-state index is 9.74. The molecule has 3 atom stereocenters. The molecule has 3 nitrogen and oxygen atoms in total. The van der Waals surface area contributed by atoms with E-state index in [4.69, 9.17) is 5.73 Å². The molecular formula is C12H25NO2. The van der Waals surface area contributed by atoms with Gasteiger partial charge in [0.15, 0.2) is 0 Å². The summed E-state index contributed by atoms with van der Waals surface area (Å²) in [5.41, 5.74) is 5.91. The number of hydrogen-bond donors (Lipinski definition) is 3. The van der Waals surface area contributed by atoms with Gasteiger partial charge in [0.05, 0.1) is 12.2 Å². The lowest BCUT2D eigenvalue weighted by Crippen LogP contribution is -2.44. The number of hydrogen-bond acceptors (Lipinski definition) is 3. The third-order valence-corrected chi connectivity index (χ3v) is 3.58. The minimum Gasteiger partial charge on any atom is -0.390 e. The summed E-state index contributed by atoms with van der Waals surface area (Å²) in [5, 5.41) is 19.2. The molecule has 0 bridgehead atoms. The van der Waals surface area contributed by atoms with Gasteiger partial charge in [0, 0.05) is 6.04 Å². The molecule has 0 aliphatic heterocycles. The van der Waals surface area contributed by atoms with Gasteiger partial charge in [-0.1, -0.05) is 39.0 Å². The predicted molar refractivity (Wildman–Crippen MR) is 61.5 cm³/mol. The van der Waals surface area contributed by atoms with E-state index in [2.05, 4.69) is 0 Å². The van der Waals surface area contributed by atoms with Crippen LogP contribution in [0.25, 0.3) is 0 Å². The molecule has 3 heteroatoms. The van der Waals surface area contributed by atoms with Crippen molar-refractivity contribution in [1.82, 2.24) is 0 Å². The van der Waals surface area contributed by atoms with Crippen LogP contribution in [0.4, 0.5) is 0 Å². The Kier molecular flexibility index (Phi) is 5.58. The number of nitrogens with two attached hydrogens (primary N) is 1. The fourth-order valence-electron chi connectivity index (χ4n) is 2.47. The lowest BCUT2D eigenvalue weighted by Gasteiger charge is -2.28. The summed E-state index contributed by atoms with van der Waals surface area (Å²) in [7, 11) is 0. The van der Waals surface area contributed by atoms with Crippen molar-refractivity contribution in [2.45, 2.75) is 70.1 Å². The highest BCUT2D eigenvalue weighted by Crippen LogP contribution is 2.27. The Labute approximate surface area is 92.7 Å². The largest absolute Gasteiger partial charge is 0.390 e. The van der Waals surface area contributed by atoms with Gasteiger partial charge in [-0.2, -0.15) is 0 Å². The zero-order chi connectivity index (χ0) is 11.3. The first kappa shape index (κ1) is 12.9. The van der Waals surface area contributed by atoms with E-state index in [0.717, 1.165) is 6.42 Å². The van der Waals surface area contributed by atoms with E-state index in [-0.39, 0.29) is 6.04 Å². The van der Waals surface area contributed by atoms with Crippen molar-refractivity contribution >= 4 is 0 Å². The Balaban J connectivity index is 2.29. The number of aliphatic hydroxyl groups excluding tert-OH is 2. The van der Waals surface area contributed by atoms with E-state index in [1.54, 1.807) is 0 Å². The van der Waals surface area contributed by atoms with E-state index in [1.165, 1.54) is 32.1 Å². The topological polar surface area (TPSA) is 66.5 Å². The summed E-state index contributed by atoms with van der Waals surface area (Å²) < 4.78 is 0. The lowest BCUT2D eigenvalue weighted by atomic mass is 9.83. The Hall–Kier alpha value is -0.120. The average molecular weight is 215 g/mol. The molecule has 0 spiro atoms. The zero-order valence-electron chi connectivity index (χ0n) is 9.73. The maximum atomic E-state index is 9.74. The van der Waals surface area contributed by atoms with E-state index >= 15 is 0 Å². The summed E-state index contributed by atoms with van der Waals surface area (Å²) in [6.07, 6.45) is 6.42. The van der Waals surface area contributed by atoms with Crippen LogP contribution in [0.15, 0.2) is 0 Å². The van der Waals surface area contributed by atoms with Crippen LogP contribution in [0, 0.1) is 5.92 Å². The molecule has 15 heavy (non-hydrogen) atoms. The van der Waals surface area contributed by atoms with Crippen molar-refractivity contribution in [3.05, 3.63) is 0 Å². The van der Waals surface area contributed by atoms with Crippen LogP contribution >= 0.6 is 0 Å². The van der Waals surface area contributed by atoms with Gasteiger partial charge in [0.1, 0.15) is 0 Å². The normalized spacial score (nSPS) is 24.8. The summed E-state index contributed by atoms with van der Waals surface area (Å²) in [6.45, 7) is 1.86. The molecule has 0 radical (unpaired) electrons. The number of aliphatic hydroxyl groups is 2. The second-order valence-electron chi connectivity index (χ2n) is 4.87. The van der Waals surface area contributed by atoms with Crippen molar-refractivity contribution in [3.63, 3.8) is 0 Å². The van der Waals surface area contributed by atoms with E-state index < -0.39 is 12.2 Å². The number of rotatable bonds is 5. The van der Waals surface area contributed by atoms with Crippen LogP contribution < -0.4 is 5.73 Å². The average Bonchev–Trinajstić information content (AvgIpc) is 2.28. The van der Waals surface area contributed by atoms with Crippen molar-refractivity contribution in [3.8, 4) is 0 Å². The minimum atomic E-state index is -0.753. The van der Waals surface area contributed by atoms with Gasteiger partial charge in [-0.15, -0.1) is 0 Å². The van der Waals surface area contributed by atoms with Crippen molar-refractivity contribution in [2.75, 3.05) is 0 Å². The van der Waals surface area contributed by atoms with E-state index in [0.29, 0.717) is 12.3 Å². The first-order valence-corrected chi connectivity index (χ1v) is 6.26. The van der Waals surface area contributed by atoms with Crippen LogP contribution in [0.5, 0.6) is 0 Å². The van der Waals surface area contributed by atoms with E-state index in [1.807, 2.05) is 6.92 Å². The van der Waals surface area contributed by atoms with Crippen LogP contribution in [0.3, 0.4) is 0 Å². The SMILES string of the molecule is CC[C@H](O)[C@H](O)[C@@H](N)CC1CCCCC1. The molecule has 0 aromatic carbocycles. The van der Waals surface area contributed by atoms with Gasteiger partial charge in [-0.3, -0.25) is 0 Å². The van der Waals surface area contributed by atoms with E-state index in [9.17, 15) is 10.2 Å². The highest BCUT2D eigenvalue weighted by molar-refractivity contribution is 4.81. The molecule has 90 valence electrons. The molecule has 1 saturated carbocycles. The fraction of sp³-hybridized carbons (Fsp3) is 1.00. The Bertz CT molecular complexity index is 169. The van der Waals surface area contributed by atoms with Crippen LogP contribution in [0.2, 0.25) is 0 Å². The smallest absolute Gasteiger partial charge is 0.0949 e. The zero-order valence-corrected chi connectivity index (χ0v) is 9.73. The molecule has 1 fully saturated rings. The summed E-state index contributed by atoms with van der Waals surface area (Å²) in [6, 6.07) is -0.261. The molecule has 4 N–H and O–H groups in total. The van der Waals surface area contributed by atoms with Crippen molar-refractivity contribution < 1.29 is 10.2 Å². The van der Waals surface area contributed by atoms with Gasteiger partial charge in [0.2, 0.25) is 0 Å². The van der Waals surface area contributed by atoms with Gasteiger partial charge in [-0.05, 0) is 18.8 Å². The van der Waals surface area contributed by atoms with Gasteiger partial charge < -0.3 is 15.9 Å². The molecule has 0 aromatic rings. The summed E-state index contributed by atoms with van der Waals surface area (Å²) in [4.78, 5) is 0. The van der Waals surface area contributed by atoms with Crippen molar-refractivity contribution in [2.24, 2.45) is 11.7 Å². The molecule has 0 aromatic heterocycles. The van der Waals surface area contributed by atoms with Gasteiger partial charge >= 0.3 is 0 Å². The molecule has 0 amide bonds. The molecule has 0 saturated heterocycles. The second kappa shape index (κ2) is 6.46. The quantitative estimate of drug-likeness (QED) is 0.649. The third-order valence-electron chi connectivity index (χ3n) is 3.58. The van der Waals surface area contributed by atoms with Gasteiger partial charge in [-0.25, -0.2) is 0 Å². The minimum absolute atomic E-state index is 0.261. The molecule has 1 aliphatic rings. The Morgan fingerprint density at radius 2 is 1.80 bits per heavy atom. The summed E-state index contributed by atoms with van der Waals surface area (Å²) >= 11 is 0. The van der Waals surface area contributed by atoms with Gasteiger partial charge in [0.25, 0.3) is 0 Å². The Morgan fingerprint density at radius 1 is 1.20 bits per heavy atom. The van der Waals surface area contributed by atoms with Crippen LogP contribution in [-0.4, -0.2) is 28.5 Å². The Morgan fingerprint density at radius 3 is 2.33 bits per heavy atom. The fourth-order valence-corrected chi connectivity index (χ4v) is 2.47. The molecule has 1 aliphatic carbocycles. The third kappa shape index (κ3) is 4.09. The second-order valence-corrected chi connectivity index (χ2v) is 4.87. The van der Waals surface area contributed by atoms with Crippen molar-refractivity contribution in [1.29, 1.82) is 0 Å². The molecular weight excluding hydrogens is 190 g/mol. The molecule has 0 unspecified atom stereocenters. The predicted octanol–water partition coefficient (Wildman–Crippen LogP) is 1.42.